The molecule has 1 rings (SSSR count). The van der Waals surface area contributed by atoms with E-state index in [0.29, 0.717) is 158 Å². The van der Waals surface area contributed by atoms with Crippen molar-refractivity contribution in [3.63, 3.8) is 0 Å². The zero-order valence-electron chi connectivity index (χ0n) is 45.4. The second-order valence-corrected chi connectivity index (χ2v) is 17.1. The summed E-state index contributed by atoms with van der Waals surface area (Å²) in [6.07, 6.45) is 12.1. The van der Waals surface area contributed by atoms with Crippen molar-refractivity contribution in [2.24, 2.45) is 0 Å². The molecule has 0 aromatic heterocycles. The fourth-order valence-corrected chi connectivity index (χ4v) is 7.17. The van der Waals surface area contributed by atoms with E-state index in [-0.39, 0.29) is 78.6 Å². The minimum atomic E-state index is -0.547. The molecule has 0 aliphatic carbocycles. The number of aliphatic hydroxyl groups excluding tert-OH is 3. The number of carbonyl (C=O) groups excluding carboxylic acids is 1. The Morgan fingerprint density at radius 3 is 1.16 bits per heavy atom. The first-order chi connectivity index (χ1) is 36.7. The molecule has 22 heteroatoms. The van der Waals surface area contributed by atoms with Crippen LogP contribution < -0.4 is 0 Å². The van der Waals surface area contributed by atoms with Crippen LogP contribution in [0.4, 0.5) is 0 Å². The molecule has 1 aliphatic heterocycles. The van der Waals surface area contributed by atoms with Crippen LogP contribution in [-0.4, -0.2) is 270 Å². The molecule has 0 bridgehead atoms. The highest BCUT2D eigenvalue weighted by Crippen LogP contribution is 2.25. The summed E-state index contributed by atoms with van der Waals surface area (Å²) >= 11 is 0. The Balaban J connectivity index is 2.49. The molecule has 0 aromatic carbocycles. The summed E-state index contributed by atoms with van der Waals surface area (Å²) in [6.45, 7) is 12.7. The highest BCUT2D eigenvalue weighted by atomic mass is 16.6. The number of hydrogen-bond donors (Lipinski definition) is 3. The molecule has 4 atom stereocenters. The molecule has 0 saturated carbocycles. The van der Waals surface area contributed by atoms with Crippen LogP contribution >= 0.6 is 0 Å². The molecule has 22 nitrogen and oxygen atoms in total. The topological polar surface area (TPSA) is 244 Å². The van der Waals surface area contributed by atoms with Gasteiger partial charge in [0.15, 0.2) is 0 Å². The van der Waals surface area contributed by atoms with E-state index in [0.717, 1.165) is 12.8 Å². The van der Waals surface area contributed by atoms with Crippen LogP contribution in [0.25, 0.3) is 0 Å². The Kier molecular flexibility index (Phi) is 56.7. The van der Waals surface area contributed by atoms with Crippen molar-refractivity contribution < 1.29 is 105 Å². The van der Waals surface area contributed by atoms with Gasteiger partial charge in [-0.05, 0) is 6.42 Å². The molecule has 3 N–H and O–H groups in total. The van der Waals surface area contributed by atoms with Gasteiger partial charge in [-0.2, -0.15) is 0 Å². The average molecular weight is 1080 g/mol. The standard InChI is InChI=1S/C52H102O22/c1-2-3-4-5-6-7-8-9-10-11-12-13-50(56)72-44-40-67-34-30-63-26-27-64-36-37-69-46-48(70-42-38-65-32-28-60-23-20-57-17-14-53)52-51(73-45-41-68-35-31-62-25-22-59-19-16-55)49(47-74-52)71-43-39-66-33-29-61-24-21-58-18-15-54/h48-49,51-55H,2-47H2,1H3/t48-,49+,51-,52-/m1/s1. The molecule has 442 valence electrons. The van der Waals surface area contributed by atoms with Gasteiger partial charge in [-0.1, -0.05) is 71.1 Å². The highest BCUT2D eigenvalue weighted by Gasteiger charge is 2.44. The molecule has 1 fully saturated rings. The molecule has 1 saturated heterocycles. The predicted molar refractivity (Wildman–Crippen MR) is 273 cm³/mol. The zero-order valence-corrected chi connectivity index (χ0v) is 45.4. The summed E-state index contributed by atoms with van der Waals surface area (Å²) in [5.41, 5.74) is 0. The van der Waals surface area contributed by atoms with E-state index in [9.17, 15) is 4.79 Å². The fourth-order valence-electron chi connectivity index (χ4n) is 7.17. The molecular formula is C52H102O22. The molecule has 0 radical (unpaired) electrons. The van der Waals surface area contributed by atoms with Crippen LogP contribution in [0, 0.1) is 0 Å². The molecule has 0 aromatic rings. The summed E-state index contributed by atoms with van der Waals surface area (Å²) in [4.78, 5) is 12.0. The smallest absolute Gasteiger partial charge is 0.305 e. The number of ether oxygens (including phenoxy) is 18. The lowest BCUT2D eigenvalue weighted by atomic mass is 10.1. The van der Waals surface area contributed by atoms with Crippen molar-refractivity contribution in [3.05, 3.63) is 0 Å². The van der Waals surface area contributed by atoms with Crippen molar-refractivity contribution in [2.45, 2.75) is 108 Å². The van der Waals surface area contributed by atoms with E-state index in [4.69, 9.17) is 101 Å². The Bertz CT molecular complexity index is 1100. The van der Waals surface area contributed by atoms with Crippen LogP contribution in [0.2, 0.25) is 0 Å². The third-order valence-electron chi connectivity index (χ3n) is 11.0. The largest absolute Gasteiger partial charge is 0.463 e. The molecule has 0 amide bonds. The van der Waals surface area contributed by atoms with Crippen LogP contribution in [0.1, 0.15) is 84.0 Å². The van der Waals surface area contributed by atoms with Crippen molar-refractivity contribution in [1.82, 2.24) is 0 Å². The van der Waals surface area contributed by atoms with Crippen molar-refractivity contribution in [3.8, 4) is 0 Å². The zero-order chi connectivity index (χ0) is 53.1. The lowest BCUT2D eigenvalue weighted by Gasteiger charge is -2.29. The average Bonchev–Trinajstić information content (AvgIpc) is 3.81. The first kappa shape index (κ1) is 70.7. The van der Waals surface area contributed by atoms with E-state index in [2.05, 4.69) is 6.92 Å². The molecule has 0 unspecified atom stereocenters. The number of rotatable bonds is 63. The predicted octanol–water partition coefficient (Wildman–Crippen LogP) is 2.98. The van der Waals surface area contributed by atoms with E-state index in [1.165, 1.54) is 57.8 Å². The van der Waals surface area contributed by atoms with E-state index < -0.39 is 24.4 Å². The van der Waals surface area contributed by atoms with Gasteiger partial charge in [-0.25, -0.2) is 0 Å². The number of hydrogen-bond acceptors (Lipinski definition) is 22. The van der Waals surface area contributed by atoms with Crippen LogP contribution in [0.5, 0.6) is 0 Å². The Hall–Kier alpha value is -1.33. The lowest BCUT2D eigenvalue weighted by molar-refractivity contribution is -0.145. The van der Waals surface area contributed by atoms with Gasteiger partial charge < -0.3 is 101 Å². The van der Waals surface area contributed by atoms with Crippen molar-refractivity contribution in [1.29, 1.82) is 0 Å². The summed E-state index contributed by atoms with van der Waals surface area (Å²) in [5, 5.41) is 26.5. The molecule has 1 heterocycles. The van der Waals surface area contributed by atoms with Gasteiger partial charge >= 0.3 is 5.97 Å². The maximum Gasteiger partial charge on any atom is 0.305 e. The molecule has 1 aliphatic rings. The van der Waals surface area contributed by atoms with Gasteiger partial charge in [-0.3, -0.25) is 4.79 Å². The fraction of sp³-hybridized carbons (Fsp3) is 0.981. The van der Waals surface area contributed by atoms with E-state index in [1.807, 2.05) is 0 Å². The van der Waals surface area contributed by atoms with Gasteiger partial charge in [0, 0.05) is 6.42 Å². The molecule has 74 heavy (non-hydrogen) atoms. The minimum absolute atomic E-state index is 0.0252. The number of carbonyl (C=O) groups is 1. The van der Waals surface area contributed by atoms with Gasteiger partial charge in [0.2, 0.25) is 0 Å². The summed E-state index contributed by atoms with van der Waals surface area (Å²) in [5.74, 6) is -0.166. The van der Waals surface area contributed by atoms with E-state index in [1.54, 1.807) is 0 Å². The maximum atomic E-state index is 12.0. The second kappa shape index (κ2) is 59.3. The molecule has 0 spiro atoms. The summed E-state index contributed by atoms with van der Waals surface area (Å²) < 4.78 is 103. The van der Waals surface area contributed by atoms with Gasteiger partial charge in [0.1, 0.15) is 31.0 Å². The number of unbranched alkanes of at least 4 members (excludes halogenated alkanes) is 10. The summed E-state index contributed by atoms with van der Waals surface area (Å²) in [6, 6.07) is 0. The minimum Gasteiger partial charge on any atom is -0.463 e. The molecular weight excluding hydrogens is 977 g/mol. The summed E-state index contributed by atoms with van der Waals surface area (Å²) in [7, 11) is 0. The monoisotopic (exact) mass is 1080 g/mol. The normalized spacial score (nSPS) is 16.2. The van der Waals surface area contributed by atoms with E-state index >= 15 is 0 Å². The maximum absolute atomic E-state index is 12.0. The Labute approximate surface area is 443 Å². The first-order valence-corrected chi connectivity index (χ1v) is 27.6. The van der Waals surface area contributed by atoms with Gasteiger partial charge in [-0.15, -0.1) is 0 Å². The van der Waals surface area contributed by atoms with Crippen LogP contribution in [-0.2, 0) is 90.1 Å². The number of aliphatic hydroxyl groups is 3. The Morgan fingerprint density at radius 1 is 0.405 bits per heavy atom. The lowest BCUT2D eigenvalue weighted by Crippen LogP contribution is -2.46. The highest BCUT2D eigenvalue weighted by molar-refractivity contribution is 5.69. The SMILES string of the molecule is CCCCCCCCCCCCCC(=O)OCCOCCOCCOCCOC[C@@H](OCCOCCOCCOCCO)[C@H]1OC[C@H](OCCOCCOCCOCCO)[C@H]1OCCOCCOCCOCCO. The third-order valence-corrected chi connectivity index (χ3v) is 11.0. The van der Waals surface area contributed by atoms with Gasteiger partial charge in [0.05, 0.1) is 218 Å². The van der Waals surface area contributed by atoms with Crippen LogP contribution in [0.3, 0.4) is 0 Å². The quantitative estimate of drug-likeness (QED) is 0.0586. The van der Waals surface area contributed by atoms with Crippen LogP contribution in [0.15, 0.2) is 0 Å². The third kappa shape index (κ3) is 47.8. The van der Waals surface area contributed by atoms with Crippen molar-refractivity contribution in [2.75, 3.05) is 225 Å². The van der Waals surface area contributed by atoms with Crippen molar-refractivity contribution >= 4 is 5.97 Å². The first-order valence-electron chi connectivity index (χ1n) is 27.6. The van der Waals surface area contributed by atoms with Gasteiger partial charge in [0.25, 0.3) is 0 Å². The Morgan fingerprint density at radius 2 is 0.743 bits per heavy atom. The second-order valence-electron chi connectivity index (χ2n) is 17.1. The number of esters is 1.